The number of halogens is 1. The van der Waals surface area contributed by atoms with Crippen molar-refractivity contribution < 1.29 is 28.3 Å². The minimum absolute atomic E-state index is 0.135. The molecule has 2 amide bonds. The Balaban J connectivity index is 1.59. The van der Waals surface area contributed by atoms with Crippen molar-refractivity contribution in [3.63, 3.8) is 0 Å². The van der Waals surface area contributed by atoms with E-state index in [4.69, 9.17) is 14.3 Å². The van der Waals surface area contributed by atoms with Crippen LogP contribution in [0.5, 0.6) is 11.5 Å². The molecule has 2 aromatic rings. The molecule has 2 aliphatic rings. The predicted molar refractivity (Wildman–Crippen MR) is 98.0 cm³/mol. The highest BCUT2D eigenvalue weighted by atomic mass is 19.1. The Bertz CT molecular complexity index is 989. The monoisotopic (exact) mass is 384 g/mol. The normalized spacial score (nSPS) is 21.1. The number of carbonyl (C=O) groups excluding carboxylic acids is 2. The highest BCUT2D eigenvalue weighted by Gasteiger charge is 2.58. The molecular formula is C20H17FN2O5. The summed E-state index contributed by atoms with van der Waals surface area (Å²) in [6, 6.07) is 10.4. The van der Waals surface area contributed by atoms with Crippen LogP contribution in [0, 0.1) is 5.82 Å². The molecule has 28 heavy (non-hydrogen) atoms. The Morgan fingerprint density at radius 2 is 1.75 bits per heavy atom. The number of imide groups is 1. The summed E-state index contributed by atoms with van der Waals surface area (Å²) in [6.45, 7) is 0. The summed E-state index contributed by atoms with van der Waals surface area (Å²) in [7, 11) is 3.06. The number of oxime groups is 1. The summed E-state index contributed by atoms with van der Waals surface area (Å²) < 4.78 is 23.7. The van der Waals surface area contributed by atoms with Gasteiger partial charge < -0.3 is 14.3 Å². The number of hydrogen-bond donors (Lipinski definition) is 0. The number of benzene rings is 2. The van der Waals surface area contributed by atoms with E-state index in [0.29, 0.717) is 28.5 Å². The molecule has 0 bridgehead atoms. The van der Waals surface area contributed by atoms with E-state index in [1.165, 1.54) is 38.5 Å². The van der Waals surface area contributed by atoms with Crippen molar-refractivity contribution in [2.24, 2.45) is 5.16 Å². The Morgan fingerprint density at radius 3 is 2.43 bits per heavy atom. The third kappa shape index (κ3) is 2.77. The highest BCUT2D eigenvalue weighted by molar-refractivity contribution is 6.25. The first-order valence-electron chi connectivity index (χ1n) is 8.58. The fourth-order valence-corrected chi connectivity index (χ4v) is 3.42. The van der Waals surface area contributed by atoms with Crippen molar-refractivity contribution in [2.45, 2.75) is 18.4 Å². The summed E-state index contributed by atoms with van der Waals surface area (Å²) in [4.78, 5) is 32.0. The molecule has 144 valence electrons. The minimum atomic E-state index is -1.38. The Morgan fingerprint density at radius 1 is 1.04 bits per heavy atom. The van der Waals surface area contributed by atoms with Gasteiger partial charge in [0.05, 0.1) is 32.0 Å². The number of amides is 2. The quantitative estimate of drug-likeness (QED) is 0.758. The first-order chi connectivity index (χ1) is 13.5. The molecule has 0 aromatic heterocycles. The first kappa shape index (κ1) is 18.0. The number of methoxy groups -OCH3 is 2. The average molecular weight is 384 g/mol. The lowest BCUT2D eigenvalue weighted by molar-refractivity contribution is -0.136. The van der Waals surface area contributed by atoms with Gasteiger partial charge in [0.2, 0.25) is 11.5 Å². The molecule has 2 heterocycles. The van der Waals surface area contributed by atoms with Gasteiger partial charge in [-0.3, -0.25) is 9.59 Å². The van der Waals surface area contributed by atoms with Gasteiger partial charge in [-0.2, -0.15) is 0 Å². The Kier molecular flexibility index (Phi) is 4.26. The summed E-state index contributed by atoms with van der Waals surface area (Å²) >= 11 is 0. The molecular weight excluding hydrogens is 367 g/mol. The van der Waals surface area contributed by atoms with E-state index in [0.717, 1.165) is 4.90 Å². The summed E-state index contributed by atoms with van der Waals surface area (Å²) in [5.74, 6) is -0.294. The lowest BCUT2D eigenvalue weighted by Crippen LogP contribution is -2.40. The lowest BCUT2D eigenvalue weighted by atomic mass is 9.92. The molecule has 1 atom stereocenters. The van der Waals surface area contributed by atoms with Gasteiger partial charge in [-0.25, -0.2) is 9.29 Å². The average Bonchev–Trinajstić information content (AvgIpc) is 3.23. The summed E-state index contributed by atoms with van der Waals surface area (Å²) in [5, 5.41) is 4.06. The van der Waals surface area contributed by atoms with Crippen LogP contribution in [0.4, 0.5) is 10.1 Å². The number of ether oxygens (including phenoxy) is 2. The summed E-state index contributed by atoms with van der Waals surface area (Å²) in [6.07, 6.45) is 0.00818. The van der Waals surface area contributed by atoms with E-state index < -0.39 is 23.2 Å². The molecule has 0 unspecified atom stereocenters. The molecule has 0 radical (unpaired) electrons. The van der Waals surface area contributed by atoms with Crippen molar-refractivity contribution in [1.29, 1.82) is 0 Å². The van der Waals surface area contributed by atoms with Crippen LogP contribution in [-0.2, 0) is 14.4 Å². The molecule has 1 spiro atoms. The third-order valence-corrected chi connectivity index (χ3v) is 4.86. The minimum Gasteiger partial charge on any atom is -0.493 e. The fourth-order valence-electron chi connectivity index (χ4n) is 3.42. The van der Waals surface area contributed by atoms with Crippen molar-refractivity contribution in [2.75, 3.05) is 19.1 Å². The Hall–Kier alpha value is -3.42. The first-order valence-corrected chi connectivity index (χ1v) is 8.58. The maximum atomic E-state index is 13.2. The van der Waals surface area contributed by atoms with Gasteiger partial charge in [0.25, 0.3) is 5.91 Å². The standard InChI is InChI=1S/C20H17FN2O5/c1-26-16-8-3-12(9-17(16)27-2)15-10-20(28-22-15)11-18(24)23(19(20)25)14-6-4-13(21)5-7-14/h3-9H,10-11H2,1-2H3/t20-/m0/s1. The fraction of sp³-hybridized carbons (Fsp3) is 0.250. The molecule has 2 aromatic carbocycles. The second kappa shape index (κ2) is 6.63. The maximum Gasteiger partial charge on any atom is 0.281 e. The number of anilines is 1. The second-order valence-electron chi connectivity index (χ2n) is 6.56. The van der Waals surface area contributed by atoms with Crippen LogP contribution < -0.4 is 14.4 Å². The van der Waals surface area contributed by atoms with Crippen LogP contribution >= 0.6 is 0 Å². The van der Waals surface area contributed by atoms with Crippen LogP contribution in [0.3, 0.4) is 0 Å². The van der Waals surface area contributed by atoms with E-state index in [1.807, 2.05) is 0 Å². The highest BCUT2D eigenvalue weighted by Crippen LogP contribution is 2.40. The zero-order valence-electron chi connectivity index (χ0n) is 15.3. The Labute approximate surface area is 160 Å². The molecule has 1 saturated heterocycles. The maximum absolute atomic E-state index is 13.2. The summed E-state index contributed by atoms with van der Waals surface area (Å²) in [5.41, 5.74) is 0.156. The lowest BCUT2D eigenvalue weighted by Gasteiger charge is -2.19. The van der Waals surface area contributed by atoms with Crippen molar-refractivity contribution in [1.82, 2.24) is 0 Å². The number of rotatable bonds is 4. The van der Waals surface area contributed by atoms with Crippen molar-refractivity contribution in [3.8, 4) is 11.5 Å². The SMILES string of the molecule is COc1ccc(C2=NO[C@]3(CC(=O)N(c4ccc(F)cc4)C3=O)C2)cc1OC. The molecule has 4 rings (SSSR count). The molecule has 8 heteroatoms. The topological polar surface area (TPSA) is 77.4 Å². The van der Waals surface area contributed by atoms with Crippen LogP contribution in [0.2, 0.25) is 0 Å². The van der Waals surface area contributed by atoms with E-state index in [-0.39, 0.29) is 12.8 Å². The van der Waals surface area contributed by atoms with Crippen molar-refractivity contribution >= 4 is 23.2 Å². The van der Waals surface area contributed by atoms with Crippen molar-refractivity contribution in [3.05, 3.63) is 53.8 Å². The third-order valence-electron chi connectivity index (χ3n) is 4.86. The van der Waals surface area contributed by atoms with E-state index >= 15 is 0 Å². The van der Waals surface area contributed by atoms with Gasteiger partial charge in [0.1, 0.15) is 5.82 Å². The van der Waals surface area contributed by atoms with Crippen LogP contribution in [0.15, 0.2) is 47.6 Å². The zero-order chi connectivity index (χ0) is 19.9. The van der Waals surface area contributed by atoms with E-state index in [2.05, 4.69) is 5.16 Å². The molecule has 7 nitrogen and oxygen atoms in total. The number of hydrogen-bond acceptors (Lipinski definition) is 6. The molecule has 0 saturated carbocycles. The molecule has 0 N–H and O–H groups in total. The molecule has 2 aliphatic heterocycles. The van der Waals surface area contributed by atoms with Gasteiger partial charge in [0, 0.05) is 12.0 Å². The number of nitrogens with zero attached hydrogens (tertiary/aromatic N) is 2. The molecule has 1 fully saturated rings. The van der Waals surface area contributed by atoms with Gasteiger partial charge in [0.15, 0.2) is 11.5 Å². The van der Waals surface area contributed by atoms with Crippen LogP contribution in [0.1, 0.15) is 18.4 Å². The smallest absolute Gasteiger partial charge is 0.281 e. The van der Waals surface area contributed by atoms with Gasteiger partial charge >= 0.3 is 0 Å². The van der Waals surface area contributed by atoms with Crippen LogP contribution in [-0.4, -0.2) is 37.3 Å². The largest absolute Gasteiger partial charge is 0.493 e. The van der Waals surface area contributed by atoms with E-state index in [1.54, 1.807) is 18.2 Å². The zero-order valence-corrected chi connectivity index (χ0v) is 15.3. The molecule has 0 aliphatic carbocycles. The van der Waals surface area contributed by atoms with Gasteiger partial charge in [-0.05, 0) is 42.5 Å². The second-order valence-corrected chi connectivity index (χ2v) is 6.56. The predicted octanol–water partition coefficient (Wildman–Crippen LogP) is 2.67. The van der Waals surface area contributed by atoms with E-state index in [9.17, 15) is 14.0 Å². The van der Waals surface area contributed by atoms with Gasteiger partial charge in [-0.1, -0.05) is 5.16 Å². The van der Waals surface area contributed by atoms with Gasteiger partial charge in [-0.15, -0.1) is 0 Å². The number of carbonyl (C=O) groups is 2. The van der Waals surface area contributed by atoms with Crippen LogP contribution in [0.25, 0.3) is 0 Å².